The number of aliphatic hydroxyl groups is 2. The Hall–Kier alpha value is -1.21. The summed E-state index contributed by atoms with van der Waals surface area (Å²) in [5, 5.41) is 32.3. The average Bonchev–Trinajstić information content (AvgIpc) is 2.57. The van der Waals surface area contributed by atoms with Gasteiger partial charge in [0.15, 0.2) is 6.10 Å². The third kappa shape index (κ3) is 3.80. The van der Waals surface area contributed by atoms with E-state index in [1.165, 1.54) is 13.0 Å². The second-order valence-electron chi connectivity index (χ2n) is 9.73. The van der Waals surface area contributed by atoms with Crippen molar-refractivity contribution in [3.05, 3.63) is 24.8 Å². The highest BCUT2D eigenvalue weighted by molar-refractivity contribution is 5.66. The summed E-state index contributed by atoms with van der Waals surface area (Å²) in [4.78, 5) is 16.4. The van der Waals surface area contributed by atoms with E-state index in [1.54, 1.807) is 6.92 Å². The fourth-order valence-electron chi connectivity index (χ4n) is 6.24. The Morgan fingerprint density at radius 2 is 1.89 bits per heavy atom. The molecule has 3 N–H and O–H groups in total. The van der Waals surface area contributed by atoms with Crippen molar-refractivity contribution in [3.63, 3.8) is 0 Å². The highest BCUT2D eigenvalue weighted by Gasteiger charge is 2.66. The molecule has 0 aliphatic heterocycles. The fourth-order valence-corrected chi connectivity index (χ4v) is 6.24. The molecule has 0 bridgehead atoms. The van der Waals surface area contributed by atoms with E-state index < -0.39 is 41.2 Å². The highest BCUT2D eigenvalue weighted by atomic mass is 17.1. The molecule has 0 aromatic rings. The summed E-state index contributed by atoms with van der Waals surface area (Å²) < 4.78 is 5.45. The lowest BCUT2D eigenvalue weighted by molar-refractivity contribution is -0.300. The first-order valence-electron chi connectivity index (χ1n) is 10.0. The van der Waals surface area contributed by atoms with Crippen molar-refractivity contribution in [3.8, 4) is 0 Å². The van der Waals surface area contributed by atoms with Gasteiger partial charge in [0.1, 0.15) is 11.7 Å². The van der Waals surface area contributed by atoms with E-state index in [0.29, 0.717) is 5.57 Å². The third-order valence-electron chi connectivity index (χ3n) is 7.36. The molecular formula is C22H36O6. The molecule has 2 rings (SSSR count). The van der Waals surface area contributed by atoms with Gasteiger partial charge in [-0.2, -0.15) is 0 Å². The molecule has 0 aromatic carbocycles. The number of rotatable bonds is 6. The number of hydrogen-bond donors (Lipinski definition) is 3. The lowest BCUT2D eigenvalue weighted by Gasteiger charge is -2.64. The summed E-state index contributed by atoms with van der Waals surface area (Å²) in [5.41, 5.74) is -1.66. The van der Waals surface area contributed by atoms with Crippen molar-refractivity contribution < 1.29 is 29.9 Å². The minimum Gasteiger partial charge on any atom is -0.457 e. The van der Waals surface area contributed by atoms with Crippen LogP contribution in [0, 0.1) is 22.7 Å². The van der Waals surface area contributed by atoms with Crippen LogP contribution in [0.15, 0.2) is 24.8 Å². The van der Waals surface area contributed by atoms with Crippen molar-refractivity contribution in [2.24, 2.45) is 22.7 Å². The normalized spacial score (nSPS) is 40.9. The second kappa shape index (κ2) is 7.90. The van der Waals surface area contributed by atoms with E-state index in [4.69, 9.17) is 4.74 Å². The van der Waals surface area contributed by atoms with E-state index in [0.717, 1.165) is 19.3 Å². The Morgan fingerprint density at radius 1 is 1.29 bits per heavy atom. The van der Waals surface area contributed by atoms with Gasteiger partial charge in [-0.15, -0.1) is 0 Å². The maximum atomic E-state index is 11.7. The third-order valence-corrected chi connectivity index (χ3v) is 7.36. The Kier molecular flexibility index (Phi) is 6.51. The van der Waals surface area contributed by atoms with Crippen LogP contribution in [-0.4, -0.2) is 45.4 Å². The molecule has 2 aliphatic carbocycles. The Labute approximate surface area is 168 Å². The number of hydrogen-bond acceptors (Lipinski definition) is 6. The smallest absolute Gasteiger partial charge is 0.303 e. The first-order valence-corrected chi connectivity index (χ1v) is 10.0. The molecule has 6 heteroatoms. The highest BCUT2D eigenvalue weighted by Crippen LogP contribution is 2.63. The van der Waals surface area contributed by atoms with E-state index in [9.17, 15) is 20.3 Å². The van der Waals surface area contributed by atoms with E-state index >= 15 is 0 Å². The Morgan fingerprint density at radius 3 is 2.39 bits per heavy atom. The minimum absolute atomic E-state index is 0.195. The fraction of sp³-hybridized carbons (Fsp3) is 0.773. The SMILES string of the molecule is C=CC(=C)[C@@H](C[C@H]1[C@](C)(O)[C@@H](OC(C)=O)[C@@H](O)[C@H]2C(C)(C)CCC[C@@]21C)OO. The van der Waals surface area contributed by atoms with Crippen LogP contribution in [0.3, 0.4) is 0 Å². The predicted octanol–water partition coefficient (Wildman–Crippen LogP) is 3.48. The Balaban J connectivity index is 2.58. The summed E-state index contributed by atoms with van der Waals surface area (Å²) >= 11 is 0. The van der Waals surface area contributed by atoms with Crippen LogP contribution in [0.4, 0.5) is 0 Å². The summed E-state index contributed by atoms with van der Waals surface area (Å²) in [6, 6.07) is 0. The number of aliphatic hydroxyl groups excluding tert-OH is 1. The molecule has 0 saturated heterocycles. The first kappa shape index (κ1) is 23.1. The van der Waals surface area contributed by atoms with Crippen LogP contribution in [-0.2, 0) is 14.4 Å². The van der Waals surface area contributed by atoms with Gasteiger partial charge in [0.05, 0.1) is 6.10 Å². The molecule has 0 spiro atoms. The summed E-state index contributed by atoms with van der Waals surface area (Å²) in [6.07, 6.45) is 1.68. The number of fused-ring (bicyclic) bond motifs is 1. The lowest BCUT2D eigenvalue weighted by Crippen LogP contribution is -2.70. The second-order valence-corrected chi connectivity index (χ2v) is 9.73. The number of esters is 1. The molecule has 0 heterocycles. The van der Waals surface area contributed by atoms with E-state index in [-0.39, 0.29) is 17.8 Å². The summed E-state index contributed by atoms with van der Waals surface area (Å²) in [7, 11) is 0. The number of carbonyl (C=O) groups is 1. The van der Waals surface area contributed by atoms with Gasteiger partial charge < -0.3 is 14.9 Å². The number of ether oxygens (including phenoxy) is 1. The van der Waals surface area contributed by atoms with Gasteiger partial charge in [-0.25, -0.2) is 4.89 Å². The van der Waals surface area contributed by atoms with Gasteiger partial charge in [-0.1, -0.05) is 46.4 Å². The largest absolute Gasteiger partial charge is 0.457 e. The van der Waals surface area contributed by atoms with Gasteiger partial charge in [-0.05, 0) is 54.4 Å². The molecule has 6 nitrogen and oxygen atoms in total. The lowest BCUT2D eigenvalue weighted by atomic mass is 9.43. The topological polar surface area (TPSA) is 96.2 Å². The van der Waals surface area contributed by atoms with Crippen LogP contribution in [0.25, 0.3) is 0 Å². The van der Waals surface area contributed by atoms with Crippen molar-refractivity contribution >= 4 is 5.97 Å². The molecule has 0 unspecified atom stereocenters. The molecular weight excluding hydrogens is 360 g/mol. The van der Waals surface area contributed by atoms with E-state index in [2.05, 4.69) is 38.8 Å². The van der Waals surface area contributed by atoms with Gasteiger partial charge in [-0.3, -0.25) is 10.1 Å². The quantitative estimate of drug-likeness (QED) is 0.275. The molecule has 2 saturated carbocycles. The van der Waals surface area contributed by atoms with Crippen molar-refractivity contribution in [2.75, 3.05) is 0 Å². The standard InChI is InChI=1S/C22H36O6/c1-8-13(2)15(28-26)12-16-21(6)11-9-10-20(4,5)18(21)17(24)19(22(16,7)25)27-14(3)23/h8,15-19,24-26H,1-2,9-12H2,3-7H3/t15-,16-,17+,18+,19+,21-,22+/m1/s1. The van der Waals surface area contributed by atoms with Gasteiger partial charge in [0.25, 0.3) is 0 Å². The summed E-state index contributed by atoms with van der Waals surface area (Å²) in [6.45, 7) is 16.7. The molecule has 7 atom stereocenters. The molecule has 160 valence electrons. The zero-order valence-corrected chi connectivity index (χ0v) is 17.8. The number of carbonyl (C=O) groups excluding carboxylic acids is 1. The van der Waals surface area contributed by atoms with Crippen molar-refractivity contribution in [2.45, 2.75) is 84.2 Å². The van der Waals surface area contributed by atoms with Crippen molar-refractivity contribution in [1.29, 1.82) is 0 Å². The van der Waals surface area contributed by atoms with Crippen LogP contribution < -0.4 is 0 Å². The molecule has 2 fully saturated rings. The van der Waals surface area contributed by atoms with Crippen molar-refractivity contribution in [1.82, 2.24) is 0 Å². The van der Waals surface area contributed by atoms with Gasteiger partial charge in [0.2, 0.25) is 0 Å². The minimum atomic E-state index is -1.51. The van der Waals surface area contributed by atoms with Crippen LogP contribution in [0.1, 0.15) is 60.3 Å². The maximum absolute atomic E-state index is 11.7. The van der Waals surface area contributed by atoms with Crippen LogP contribution in [0.5, 0.6) is 0 Å². The average molecular weight is 397 g/mol. The molecule has 0 amide bonds. The van der Waals surface area contributed by atoms with Crippen LogP contribution >= 0.6 is 0 Å². The van der Waals surface area contributed by atoms with Gasteiger partial charge in [0, 0.05) is 6.92 Å². The first-order chi connectivity index (χ1) is 12.8. The predicted molar refractivity (Wildman–Crippen MR) is 106 cm³/mol. The molecule has 0 radical (unpaired) electrons. The maximum Gasteiger partial charge on any atom is 0.303 e. The molecule has 28 heavy (non-hydrogen) atoms. The van der Waals surface area contributed by atoms with Crippen LogP contribution in [0.2, 0.25) is 0 Å². The van der Waals surface area contributed by atoms with Gasteiger partial charge >= 0.3 is 5.97 Å². The zero-order chi connectivity index (χ0) is 21.5. The molecule has 2 aliphatic rings. The van der Waals surface area contributed by atoms with E-state index in [1.807, 2.05) is 0 Å². The monoisotopic (exact) mass is 396 g/mol. The molecule has 0 aromatic heterocycles. The Bertz CT molecular complexity index is 625. The summed E-state index contributed by atoms with van der Waals surface area (Å²) in [5.74, 6) is -1.16. The zero-order valence-electron chi connectivity index (χ0n) is 17.8.